The smallest absolute Gasteiger partial charge is 0.416 e. The van der Waals surface area contributed by atoms with Crippen LogP contribution in [0, 0.1) is 34.3 Å². The molecule has 4 aliphatic heterocycles. The number of alkyl halides is 6. The highest BCUT2D eigenvalue weighted by atomic mass is 19.4. The molecule has 4 heterocycles. The number of benzene rings is 4. The van der Waals surface area contributed by atoms with Crippen LogP contribution in [-0.4, -0.2) is 100 Å². The van der Waals surface area contributed by atoms with Crippen LogP contribution in [0.4, 0.5) is 51.3 Å². The Labute approximate surface area is 388 Å². The highest BCUT2D eigenvalue weighted by Gasteiger charge is 2.62. The van der Waals surface area contributed by atoms with Gasteiger partial charge >= 0.3 is 18.4 Å². The minimum absolute atomic E-state index is 0.0282. The van der Waals surface area contributed by atoms with E-state index in [0.717, 1.165) is 46.2 Å². The maximum atomic E-state index is 14.8. The summed E-state index contributed by atoms with van der Waals surface area (Å²) < 4.78 is 112. The number of hydrogen-bond donors (Lipinski definition) is 1. The summed E-state index contributed by atoms with van der Waals surface area (Å²) in [5.74, 6) is -3.85. The Morgan fingerprint density at radius 2 is 1.03 bits per heavy atom. The number of anilines is 2. The molecule has 360 valence electrons. The van der Waals surface area contributed by atoms with Crippen LogP contribution in [0.1, 0.15) is 54.2 Å². The van der Waals surface area contributed by atoms with Crippen LogP contribution in [-0.2, 0) is 49.4 Å². The number of rotatable bonds is 6. The van der Waals surface area contributed by atoms with Crippen LogP contribution < -0.4 is 15.1 Å². The molecule has 4 fully saturated rings. The summed E-state index contributed by atoms with van der Waals surface area (Å²) in [6.45, 7) is 3.61. The summed E-state index contributed by atoms with van der Waals surface area (Å²) in [6.07, 6.45) is -9.72. The molecule has 69 heavy (non-hydrogen) atoms. The van der Waals surface area contributed by atoms with Crippen LogP contribution in [0.5, 0.6) is 0 Å². The number of carbonyl (C=O) groups excluding carboxylic acids is 5. The average molecular weight is 965 g/mol. The van der Waals surface area contributed by atoms with Gasteiger partial charge in [0, 0.05) is 26.2 Å². The molecule has 0 atom stereocenters. The molecule has 1 N–H and O–H groups in total. The van der Waals surface area contributed by atoms with E-state index in [0.29, 0.717) is 11.1 Å². The van der Waals surface area contributed by atoms with E-state index in [4.69, 9.17) is 15.3 Å². The Bertz CT molecular complexity index is 2790. The van der Waals surface area contributed by atoms with Gasteiger partial charge in [-0.1, -0.05) is 24.3 Å². The number of halogens is 8. The fourth-order valence-corrected chi connectivity index (χ4v) is 8.27. The first kappa shape index (κ1) is 49.3. The van der Waals surface area contributed by atoms with Gasteiger partial charge in [0.05, 0.1) is 58.9 Å². The van der Waals surface area contributed by atoms with Gasteiger partial charge in [0.25, 0.3) is 11.8 Å². The Morgan fingerprint density at radius 1 is 0.638 bits per heavy atom. The zero-order valence-electron chi connectivity index (χ0n) is 36.8. The van der Waals surface area contributed by atoms with Gasteiger partial charge in [-0.05, 0) is 92.6 Å². The molecule has 0 bridgehead atoms. The first-order valence-corrected chi connectivity index (χ1v) is 21.0. The van der Waals surface area contributed by atoms with Crippen molar-refractivity contribution in [2.75, 3.05) is 49.1 Å². The van der Waals surface area contributed by atoms with Crippen molar-refractivity contribution in [1.29, 1.82) is 10.5 Å². The van der Waals surface area contributed by atoms with Gasteiger partial charge in [-0.2, -0.15) is 36.9 Å². The largest absolute Gasteiger partial charge is 0.444 e. The minimum atomic E-state index is -4.54. The van der Waals surface area contributed by atoms with Gasteiger partial charge in [-0.3, -0.25) is 29.0 Å². The Morgan fingerprint density at radius 3 is 1.36 bits per heavy atom. The molecule has 14 nitrogen and oxygen atoms in total. The highest BCUT2D eigenvalue weighted by Crippen LogP contribution is 2.40. The predicted molar refractivity (Wildman–Crippen MR) is 227 cm³/mol. The standard InChI is InChI=1S/C26H24F4N4O4.C21H16F4N4O2/c1-24(2,3)38-23(37)32-14-25(15-32)22(36)33(20-9-6-17(11-31)10-19(20)27)13-21(35)34(25)12-16-4-7-18(8-5-16)26(28,29)30;22-16-7-14(8-26)3-6-17(16)28-10-18(30)29(20(19(28)31)11-27-12-20)9-13-1-4-15(5-2-13)21(23,24)25/h4-10H,12-15H2,1-3H3;1-7,27H,9-12H2. The van der Waals surface area contributed by atoms with E-state index in [-0.39, 0.29) is 61.8 Å². The zero-order valence-corrected chi connectivity index (χ0v) is 36.8. The van der Waals surface area contributed by atoms with E-state index in [1.807, 2.05) is 0 Å². The number of amides is 5. The lowest BCUT2D eigenvalue weighted by Gasteiger charge is -2.57. The molecular formula is C47H40F8N8O6. The van der Waals surface area contributed by atoms with Crippen molar-refractivity contribution in [2.45, 2.75) is 62.9 Å². The van der Waals surface area contributed by atoms with Crippen molar-refractivity contribution in [1.82, 2.24) is 20.0 Å². The number of likely N-dealkylation sites (tertiary alicyclic amines) is 1. The number of piperazine rings is 2. The van der Waals surface area contributed by atoms with E-state index in [1.165, 1.54) is 63.2 Å². The summed E-state index contributed by atoms with van der Waals surface area (Å²) in [7, 11) is 0. The number of hydrogen-bond acceptors (Lipinski definition) is 9. The second kappa shape index (κ2) is 18.1. The number of ether oxygens (including phenoxy) is 1. The molecule has 0 unspecified atom stereocenters. The van der Waals surface area contributed by atoms with Gasteiger partial charge in [-0.25, -0.2) is 13.6 Å². The average Bonchev–Trinajstić information content (AvgIpc) is 3.24. The third kappa shape index (κ3) is 9.75. The first-order valence-electron chi connectivity index (χ1n) is 21.0. The van der Waals surface area contributed by atoms with Crippen LogP contribution in [0.25, 0.3) is 0 Å². The van der Waals surface area contributed by atoms with Crippen molar-refractivity contribution < 1.29 is 63.8 Å². The summed E-state index contributed by atoms with van der Waals surface area (Å²) in [5, 5.41) is 20.9. The van der Waals surface area contributed by atoms with Gasteiger partial charge < -0.3 is 24.8 Å². The Hall–Kier alpha value is -7.59. The van der Waals surface area contributed by atoms with Crippen molar-refractivity contribution in [3.8, 4) is 12.1 Å². The second-order valence-electron chi connectivity index (χ2n) is 17.7. The number of carbonyl (C=O) groups is 5. The van der Waals surface area contributed by atoms with Crippen molar-refractivity contribution in [2.24, 2.45) is 0 Å². The first-order chi connectivity index (χ1) is 32.3. The fourth-order valence-electron chi connectivity index (χ4n) is 8.27. The van der Waals surface area contributed by atoms with Gasteiger partial charge in [0.15, 0.2) is 5.54 Å². The van der Waals surface area contributed by atoms with E-state index in [9.17, 15) is 59.1 Å². The lowest BCUT2D eigenvalue weighted by molar-refractivity contribution is -0.163. The van der Waals surface area contributed by atoms with E-state index in [1.54, 1.807) is 32.9 Å². The van der Waals surface area contributed by atoms with Crippen LogP contribution >= 0.6 is 0 Å². The van der Waals surface area contributed by atoms with Crippen LogP contribution in [0.15, 0.2) is 84.9 Å². The quantitative estimate of drug-likeness (QED) is 0.212. The molecule has 4 saturated heterocycles. The molecule has 4 aliphatic rings. The van der Waals surface area contributed by atoms with E-state index in [2.05, 4.69) is 5.32 Å². The molecule has 0 aromatic heterocycles. The third-order valence-corrected chi connectivity index (χ3v) is 11.9. The van der Waals surface area contributed by atoms with Crippen molar-refractivity contribution in [3.63, 3.8) is 0 Å². The highest BCUT2D eigenvalue weighted by molar-refractivity contribution is 6.11. The maximum absolute atomic E-state index is 14.8. The Kier molecular flexibility index (Phi) is 13.0. The topological polar surface area (TPSA) is 170 Å². The SMILES string of the molecule is CC(C)(C)OC(=O)N1CC2(C1)C(=O)N(c1ccc(C#N)cc1F)CC(=O)N2Cc1ccc(C(F)(F)F)cc1.N#Cc1ccc(N2CC(=O)N(Cc3ccc(C(F)(F)F)cc3)C3(CNC3)C2=O)c(F)c1. The number of nitriles is 2. The molecule has 22 heteroatoms. The molecule has 0 saturated carbocycles. The predicted octanol–water partition coefficient (Wildman–Crippen LogP) is 6.51. The van der Waals surface area contributed by atoms with Crippen molar-refractivity contribution in [3.05, 3.63) is 130 Å². The van der Waals surface area contributed by atoms with Gasteiger partial charge in [-0.15, -0.1) is 0 Å². The molecule has 0 aliphatic carbocycles. The normalized spacial score (nSPS) is 17.7. The molecular weight excluding hydrogens is 925 g/mol. The summed E-state index contributed by atoms with van der Waals surface area (Å²) >= 11 is 0. The van der Waals surface area contributed by atoms with Gasteiger partial charge in [0.1, 0.15) is 35.9 Å². The number of nitrogens with one attached hydrogen (secondary N) is 1. The molecule has 5 amide bonds. The van der Waals surface area contributed by atoms with E-state index >= 15 is 0 Å². The lowest BCUT2D eigenvalue weighted by Crippen LogP contribution is -2.81. The third-order valence-electron chi connectivity index (χ3n) is 11.9. The Balaban J connectivity index is 0.000000208. The monoisotopic (exact) mass is 964 g/mol. The number of nitrogens with zero attached hydrogens (tertiary/aromatic N) is 7. The van der Waals surface area contributed by atoms with Crippen LogP contribution in [0.2, 0.25) is 0 Å². The molecule has 4 aromatic rings. The minimum Gasteiger partial charge on any atom is -0.444 e. The molecule has 0 radical (unpaired) electrons. The van der Waals surface area contributed by atoms with Crippen LogP contribution in [0.3, 0.4) is 0 Å². The van der Waals surface area contributed by atoms with E-state index < -0.39 is 94.6 Å². The molecule has 8 rings (SSSR count). The molecule has 2 spiro atoms. The lowest BCUT2D eigenvalue weighted by atomic mass is 9.83. The summed E-state index contributed by atoms with van der Waals surface area (Å²) in [4.78, 5) is 71.8. The zero-order chi connectivity index (χ0) is 50.4. The second-order valence-corrected chi connectivity index (χ2v) is 17.7. The van der Waals surface area contributed by atoms with Gasteiger partial charge in [0.2, 0.25) is 11.8 Å². The maximum Gasteiger partial charge on any atom is 0.416 e. The molecule has 4 aromatic carbocycles. The van der Waals surface area contributed by atoms with Crippen molar-refractivity contribution >= 4 is 41.1 Å². The fraction of sp³-hybridized carbons (Fsp3) is 0.340. The summed E-state index contributed by atoms with van der Waals surface area (Å²) in [6, 6.07) is 19.3. The summed E-state index contributed by atoms with van der Waals surface area (Å²) in [5.41, 5.74) is -4.73.